The summed E-state index contributed by atoms with van der Waals surface area (Å²) in [6, 6.07) is 7.48. The fourth-order valence-electron chi connectivity index (χ4n) is 2.29. The summed E-state index contributed by atoms with van der Waals surface area (Å²) in [5.41, 5.74) is 2.05. The van der Waals surface area contributed by atoms with Crippen LogP contribution in [0.3, 0.4) is 0 Å². The summed E-state index contributed by atoms with van der Waals surface area (Å²) in [5, 5.41) is 7.16. The van der Waals surface area contributed by atoms with E-state index in [0.717, 1.165) is 11.3 Å². The van der Waals surface area contributed by atoms with Gasteiger partial charge in [-0.15, -0.1) is 12.4 Å². The van der Waals surface area contributed by atoms with Gasteiger partial charge >= 0.3 is 0 Å². The first kappa shape index (κ1) is 20.0. The van der Waals surface area contributed by atoms with Crippen LogP contribution in [-0.2, 0) is 11.8 Å². The number of nitrogens with zero attached hydrogens (tertiary/aromatic N) is 3. The summed E-state index contributed by atoms with van der Waals surface area (Å²) in [4.78, 5) is 14.2. The second kappa shape index (κ2) is 9.30. The fraction of sp³-hybridized carbons (Fsp3) is 0.412. The molecule has 0 radical (unpaired) electrons. The number of ether oxygens (including phenoxy) is 1. The molecule has 1 unspecified atom stereocenters. The number of hydrogen-bond acceptors (Lipinski definition) is 4. The molecule has 0 aliphatic carbocycles. The second-order valence-corrected chi connectivity index (χ2v) is 5.59. The van der Waals surface area contributed by atoms with Crippen molar-refractivity contribution >= 4 is 18.3 Å². The number of hydrogen-bond donors (Lipinski definition) is 1. The first-order valence-electron chi connectivity index (χ1n) is 7.61. The number of aryl methyl sites for hydroxylation is 2. The second-order valence-electron chi connectivity index (χ2n) is 5.59. The van der Waals surface area contributed by atoms with Gasteiger partial charge in [-0.1, -0.05) is 17.7 Å². The molecular formula is C17H25ClN4O2. The maximum atomic E-state index is 12.5. The Hall–Kier alpha value is -2.05. The van der Waals surface area contributed by atoms with Crippen molar-refractivity contribution in [1.29, 1.82) is 0 Å². The highest BCUT2D eigenvalue weighted by Gasteiger charge is 2.23. The topological polar surface area (TPSA) is 59.4 Å². The van der Waals surface area contributed by atoms with Gasteiger partial charge in [-0.3, -0.25) is 9.48 Å². The molecule has 24 heavy (non-hydrogen) atoms. The molecule has 0 spiro atoms. The minimum absolute atomic E-state index is 0. The summed E-state index contributed by atoms with van der Waals surface area (Å²) in [6.07, 6.45) is 3.55. The molecule has 1 atom stereocenters. The van der Waals surface area contributed by atoms with Crippen molar-refractivity contribution in [3.05, 3.63) is 47.8 Å². The summed E-state index contributed by atoms with van der Waals surface area (Å²) < 4.78 is 7.36. The molecule has 1 heterocycles. The van der Waals surface area contributed by atoms with Crippen LogP contribution in [0.1, 0.15) is 17.2 Å². The van der Waals surface area contributed by atoms with Crippen LogP contribution < -0.4 is 10.1 Å². The number of amides is 1. The third-order valence-electron chi connectivity index (χ3n) is 3.69. The molecule has 1 aromatic heterocycles. The number of benzene rings is 1. The Morgan fingerprint density at radius 1 is 1.38 bits per heavy atom. The Kier molecular flexibility index (Phi) is 7.74. The van der Waals surface area contributed by atoms with E-state index in [9.17, 15) is 4.79 Å². The molecule has 1 N–H and O–H groups in total. The highest BCUT2D eigenvalue weighted by atomic mass is 35.5. The predicted octanol–water partition coefficient (Wildman–Crippen LogP) is 1.95. The van der Waals surface area contributed by atoms with Gasteiger partial charge in [0.25, 0.3) is 0 Å². The van der Waals surface area contributed by atoms with Crippen LogP contribution in [0, 0.1) is 6.92 Å². The molecule has 6 nitrogen and oxygen atoms in total. The van der Waals surface area contributed by atoms with Crippen LogP contribution in [0.2, 0.25) is 0 Å². The average molecular weight is 353 g/mol. The number of carbonyl (C=O) groups is 1. The van der Waals surface area contributed by atoms with Crippen LogP contribution in [0.15, 0.2) is 36.7 Å². The molecule has 1 aromatic carbocycles. The third kappa shape index (κ3) is 5.25. The van der Waals surface area contributed by atoms with Gasteiger partial charge in [0.1, 0.15) is 18.4 Å². The lowest BCUT2D eigenvalue weighted by atomic mass is 10.1. The van der Waals surface area contributed by atoms with Crippen molar-refractivity contribution in [2.24, 2.45) is 7.05 Å². The molecule has 0 aliphatic heterocycles. The maximum Gasteiger partial charge on any atom is 0.244 e. The highest BCUT2D eigenvalue weighted by Crippen LogP contribution is 2.14. The summed E-state index contributed by atoms with van der Waals surface area (Å²) in [5.74, 6) is 0.807. The zero-order chi connectivity index (χ0) is 16.8. The minimum atomic E-state index is -0.395. The number of carbonyl (C=O) groups excluding carboxylic acids is 1. The van der Waals surface area contributed by atoms with E-state index in [1.54, 1.807) is 29.9 Å². The number of aromatic nitrogens is 2. The predicted molar refractivity (Wildman–Crippen MR) is 96.6 cm³/mol. The summed E-state index contributed by atoms with van der Waals surface area (Å²) in [6.45, 7) is 3.01. The maximum absolute atomic E-state index is 12.5. The van der Waals surface area contributed by atoms with E-state index in [1.807, 2.05) is 44.4 Å². The van der Waals surface area contributed by atoms with Crippen LogP contribution in [0.25, 0.3) is 0 Å². The first-order chi connectivity index (χ1) is 11.0. The van der Waals surface area contributed by atoms with Crippen molar-refractivity contribution in [3.63, 3.8) is 0 Å². The van der Waals surface area contributed by atoms with Crippen molar-refractivity contribution in [3.8, 4) is 5.75 Å². The number of rotatable bonds is 7. The number of halogens is 1. The minimum Gasteiger partial charge on any atom is -0.492 e. The Morgan fingerprint density at radius 2 is 2.04 bits per heavy atom. The highest BCUT2D eigenvalue weighted by molar-refractivity contribution is 5.85. The lowest BCUT2D eigenvalue weighted by Gasteiger charge is -2.23. The molecule has 7 heteroatoms. The quantitative estimate of drug-likeness (QED) is 0.827. The van der Waals surface area contributed by atoms with E-state index in [-0.39, 0.29) is 18.3 Å². The summed E-state index contributed by atoms with van der Waals surface area (Å²) in [7, 11) is 5.38. The van der Waals surface area contributed by atoms with Gasteiger partial charge in [-0.25, -0.2) is 0 Å². The molecule has 2 rings (SSSR count). The lowest BCUT2D eigenvalue weighted by molar-refractivity contribution is -0.132. The zero-order valence-electron chi connectivity index (χ0n) is 14.5. The Morgan fingerprint density at radius 3 is 2.58 bits per heavy atom. The molecule has 0 bridgehead atoms. The first-order valence-corrected chi connectivity index (χ1v) is 7.61. The molecule has 132 valence electrons. The average Bonchev–Trinajstić information content (AvgIpc) is 2.96. The SMILES string of the molecule is CNC(C(=O)N(C)CCOc1ccc(C)cc1)c1cnn(C)c1.Cl. The van der Waals surface area contributed by atoms with E-state index in [0.29, 0.717) is 13.2 Å². The van der Waals surface area contributed by atoms with Gasteiger partial charge in [-0.05, 0) is 26.1 Å². The molecule has 0 saturated carbocycles. The number of nitrogens with one attached hydrogen (secondary N) is 1. The van der Waals surface area contributed by atoms with Gasteiger partial charge < -0.3 is 15.0 Å². The third-order valence-corrected chi connectivity index (χ3v) is 3.69. The monoisotopic (exact) mass is 352 g/mol. The van der Waals surface area contributed by atoms with Gasteiger partial charge in [0, 0.05) is 25.9 Å². The zero-order valence-corrected chi connectivity index (χ0v) is 15.3. The van der Waals surface area contributed by atoms with E-state index in [2.05, 4.69) is 10.4 Å². The number of likely N-dealkylation sites (N-methyl/N-ethyl adjacent to an activating group) is 2. The van der Waals surface area contributed by atoms with E-state index >= 15 is 0 Å². The molecule has 0 saturated heterocycles. The lowest BCUT2D eigenvalue weighted by Crippen LogP contribution is -2.39. The Bertz CT molecular complexity index is 642. The molecular weight excluding hydrogens is 328 g/mol. The van der Waals surface area contributed by atoms with Crippen LogP contribution in [0.4, 0.5) is 0 Å². The Labute approximate surface area is 149 Å². The van der Waals surface area contributed by atoms with E-state index < -0.39 is 6.04 Å². The van der Waals surface area contributed by atoms with Crippen molar-refractivity contribution in [2.45, 2.75) is 13.0 Å². The molecule has 0 fully saturated rings. The molecule has 1 amide bonds. The normalized spacial score (nSPS) is 11.5. The van der Waals surface area contributed by atoms with Crippen molar-refractivity contribution in [2.75, 3.05) is 27.2 Å². The largest absolute Gasteiger partial charge is 0.492 e. The summed E-state index contributed by atoms with van der Waals surface area (Å²) >= 11 is 0. The molecule has 0 aliphatic rings. The fourth-order valence-corrected chi connectivity index (χ4v) is 2.29. The van der Waals surface area contributed by atoms with E-state index in [1.165, 1.54) is 5.56 Å². The van der Waals surface area contributed by atoms with Gasteiger partial charge in [0.15, 0.2) is 0 Å². The van der Waals surface area contributed by atoms with Gasteiger partial charge in [-0.2, -0.15) is 5.10 Å². The molecule has 2 aromatic rings. The van der Waals surface area contributed by atoms with Crippen LogP contribution in [-0.4, -0.2) is 47.8 Å². The van der Waals surface area contributed by atoms with Crippen molar-refractivity contribution < 1.29 is 9.53 Å². The smallest absolute Gasteiger partial charge is 0.244 e. The van der Waals surface area contributed by atoms with Gasteiger partial charge in [0.05, 0.1) is 12.7 Å². The van der Waals surface area contributed by atoms with Gasteiger partial charge in [0.2, 0.25) is 5.91 Å². The standard InChI is InChI=1S/C17H24N4O2.ClH/c1-13-5-7-15(8-6-13)23-10-9-20(3)17(22)16(18-2)14-11-19-21(4)12-14;/h5-8,11-12,16,18H,9-10H2,1-4H3;1H. The van der Waals surface area contributed by atoms with Crippen molar-refractivity contribution in [1.82, 2.24) is 20.0 Å². The van der Waals surface area contributed by atoms with Crippen LogP contribution >= 0.6 is 12.4 Å². The van der Waals surface area contributed by atoms with Crippen LogP contribution in [0.5, 0.6) is 5.75 Å². The Balaban J connectivity index is 0.00000288. The van der Waals surface area contributed by atoms with E-state index in [4.69, 9.17) is 4.74 Å².